The van der Waals surface area contributed by atoms with Gasteiger partial charge in [-0.05, 0) is 104 Å². The molecule has 3 heteroatoms. The number of allylic oxidation sites excluding steroid dienone is 1. The summed E-state index contributed by atoms with van der Waals surface area (Å²) in [6, 6.07) is 0. The fourth-order valence-electron chi connectivity index (χ4n) is 11.5. The first-order valence-corrected chi connectivity index (χ1v) is 13.8. The van der Waals surface area contributed by atoms with Crippen LogP contribution in [0, 0.1) is 56.7 Å². The smallest absolute Gasteiger partial charge is 0.138 e. The molecule has 0 aromatic rings. The molecule has 33 heavy (non-hydrogen) atoms. The number of ketones is 1. The molecule has 0 amide bonds. The Balaban J connectivity index is 1.59. The Kier molecular flexibility index (Phi) is 5.24. The summed E-state index contributed by atoms with van der Waals surface area (Å²) in [6.45, 7) is 18.6. The van der Waals surface area contributed by atoms with Gasteiger partial charge in [0.05, 0.1) is 6.10 Å². The van der Waals surface area contributed by atoms with Crippen molar-refractivity contribution < 1.29 is 15.0 Å². The highest BCUT2D eigenvalue weighted by Gasteiger charge is 2.73. The average molecular weight is 457 g/mol. The monoisotopic (exact) mass is 456 g/mol. The van der Waals surface area contributed by atoms with E-state index in [1.165, 1.54) is 12.0 Å². The van der Waals surface area contributed by atoms with Gasteiger partial charge < -0.3 is 10.2 Å². The molecule has 10 atom stereocenters. The lowest BCUT2D eigenvalue weighted by Gasteiger charge is -2.73. The molecule has 0 heterocycles. The molecule has 5 aliphatic carbocycles. The van der Waals surface area contributed by atoms with Gasteiger partial charge >= 0.3 is 0 Å². The van der Waals surface area contributed by atoms with Crippen LogP contribution in [0.15, 0.2) is 12.2 Å². The molecule has 0 saturated heterocycles. The summed E-state index contributed by atoms with van der Waals surface area (Å²) in [4.78, 5) is 12.9. The van der Waals surface area contributed by atoms with Crippen molar-refractivity contribution in [1.82, 2.24) is 0 Å². The Bertz CT molecular complexity index is 861. The quantitative estimate of drug-likeness (QED) is 0.488. The number of rotatable bonds is 2. The van der Waals surface area contributed by atoms with Crippen LogP contribution in [0.25, 0.3) is 0 Å². The normalized spacial score (nSPS) is 55.2. The molecular weight excluding hydrogens is 408 g/mol. The van der Waals surface area contributed by atoms with Crippen molar-refractivity contribution in [2.75, 3.05) is 6.61 Å². The Morgan fingerprint density at radius 3 is 2.33 bits per heavy atom. The zero-order valence-electron chi connectivity index (χ0n) is 22.0. The molecule has 0 bridgehead atoms. The molecule has 0 unspecified atom stereocenters. The molecule has 186 valence electrons. The largest absolute Gasteiger partial charge is 0.396 e. The van der Waals surface area contributed by atoms with E-state index in [9.17, 15) is 15.0 Å². The van der Waals surface area contributed by atoms with E-state index in [0.29, 0.717) is 41.8 Å². The van der Waals surface area contributed by atoms with Crippen molar-refractivity contribution in [3.05, 3.63) is 12.2 Å². The fourth-order valence-corrected chi connectivity index (χ4v) is 11.5. The number of Topliss-reactive ketones (excluding diaryl/α,β-unsaturated/α-hetero) is 1. The number of aliphatic hydroxyl groups is 2. The Morgan fingerprint density at radius 1 is 1.00 bits per heavy atom. The summed E-state index contributed by atoms with van der Waals surface area (Å²) in [5.74, 6) is 2.76. The lowest BCUT2D eigenvalue weighted by atomic mass is 9.32. The topological polar surface area (TPSA) is 57.5 Å². The number of carbonyl (C=O) groups is 1. The standard InChI is InChI=1S/C30H48O3/c1-18(2)19-10-15-30(17-31)16-24(33)29(7)20(25(19)30)8-9-22-27(5)13-12-23(32)26(3,4)21(27)11-14-28(22,29)6/h19-22,24-25,31,33H,1,8-17H2,2-7H3/t19-,20+,21+,22+,24-,25+,27-,28+,29-,30+/m0/s1. The highest BCUT2D eigenvalue weighted by molar-refractivity contribution is 5.85. The minimum Gasteiger partial charge on any atom is -0.396 e. The maximum absolute atomic E-state index is 12.9. The fraction of sp³-hybridized carbons (Fsp3) is 0.900. The van der Waals surface area contributed by atoms with Gasteiger partial charge in [0, 0.05) is 23.9 Å². The van der Waals surface area contributed by atoms with E-state index in [0.717, 1.165) is 44.9 Å². The minimum atomic E-state index is -0.374. The molecule has 5 saturated carbocycles. The third kappa shape index (κ3) is 2.73. The summed E-state index contributed by atoms with van der Waals surface area (Å²) in [7, 11) is 0. The third-order valence-corrected chi connectivity index (χ3v) is 13.3. The van der Waals surface area contributed by atoms with E-state index in [1.54, 1.807) is 0 Å². The first kappa shape index (κ1) is 24.0. The highest BCUT2D eigenvalue weighted by Crippen LogP contribution is 2.77. The molecule has 5 rings (SSSR count). The number of aliphatic hydroxyl groups excluding tert-OH is 2. The lowest BCUT2D eigenvalue weighted by Crippen LogP contribution is -2.70. The van der Waals surface area contributed by atoms with Crippen LogP contribution in [0.4, 0.5) is 0 Å². The first-order chi connectivity index (χ1) is 15.3. The van der Waals surface area contributed by atoms with Crippen molar-refractivity contribution in [2.45, 2.75) is 105 Å². The molecule has 2 N–H and O–H groups in total. The van der Waals surface area contributed by atoms with Crippen LogP contribution in [-0.2, 0) is 4.79 Å². The van der Waals surface area contributed by atoms with Crippen LogP contribution in [0.3, 0.4) is 0 Å². The Labute approximate surface area is 201 Å². The lowest BCUT2D eigenvalue weighted by molar-refractivity contribution is -0.270. The first-order valence-electron chi connectivity index (χ1n) is 13.8. The van der Waals surface area contributed by atoms with Gasteiger partial charge in [0.25, 0.3) is 0 Å². The average Bonchev–Trinajstić information content (AvgIpc) is 3.12. The molecule has 0 spiro atoms. The van der Waals surface area contributed by atoms with Crippen molar-refractivity contribution >= 4 is 5.78 Å². The molecular formula is C30H48O3. The van der Waals surface area contributed by atoms with E-state index in [2.05, 4.69) is 48.1 Å². The van der Waals surface area contributed by atoms with E-state index >= 15 is 0 Å². The minimum absolute atomic E-state index is 0.0564. The van der Waals surface area contributed by atoms with Gasteiger partial charge in [-0.25, -0.2) is 0 Å². The highest BCUT2D eigenvalue weighted by atomic mass is 16.3. The van der Waals surface area contributed by atoms with Gasteiger partial charge in [-0.3, -0.25) is 4.79 Å². The molecule has 0 aromatic heterocycles. The van der Waals surface area contributed by atoms with Gasteiger partial charge in [0.1, 0.15) is 5.78 Å². The van der Waals surface area contributed by atoms with Gasteiger partial charge in [-0.15, -0.1) is 0 Å². The predicted octanol–water partition coefficient (Wildman–Crippen LogP) is 6.18. The zero-order chi connectivity index (χ0) is 24.2. The van der Waals surface area contributed by atoms with Crippen molar-refractivity contribution in [3.63, 3.8) is 0 Å². The number of hydrogen-bond donors (Lipinski definition) is 2. The number of fused-ring (bicyclic) bond motifs is 7. The van der Waals surface area contributed by atoms with Crippen LogP contribution in [0.5, 0.6) is 0 Å². The van der Waals surface area contributed by atoms with Crippen molar-refractivity contribution in [1.29, 1.82) is 0 Å². The maximum Gasteiger partial charge on any atom is 0.138 e. The SMILES string of the molecule is C=C(C)[C@@H]1CC[C@]2(CO)C[C@H](O)[C@]3(C)[C@H](CC[C@@H]4[C@@]5(C)CCC(=O)C(C)(C)[C@H]5CC[C@]43C)[C@@H]12. The summed E-state index contributed by atoms with van der Waals surface area (Å²) < 4.78 is 0. The second-order valence-corrected chi connectivity index (χ2v) is 14.4. The van der Waals surface area contributed by atoms with Crippen LogP contribution in [-0.4, -0.2) is 28.7 Å². The van der Waals surface area contributed by atoms with Crippen LogP contribution < -0.4 is 0 Å². The van der Waals surface area contributed by atoms with Gasteiger partial charge in [0.2, 0.25) is 0 Å². The van der Waals surface area contributed by atoms with E-state index < -0.39 is 0 Å². The molecule has 3 nitrogen and oxygen atoms in total. The molecule has 0 radical (unpaired) electrons. The van der Waals surface area contributed by atoms with Gasteiger partial charge in [-0.1, -0.05) is 46.8 Å². The van der Waals surface area contributed by atoms with Gasteiger partial charge in [-0.2, -0.15) is 0 Å². The van der Waals surface area contributed by atoms with Crippen molar-refractivity contribution in [2.24, 2.45) is 56.7 Å². The zero-order valence-corrected chi connectivity index (χ0v) is 22.0. The second-order valence-electron chi connectivity index (χ2n) is 14.4. The molecule has 0 aliphatic heterocycles. The summed E-state index contributed by atoms with van der Waals surface area (Å²) in [5, 5.41) is 22.6. The predicted molar refractivity (Wildman–Crippen MR) is 132 cm³/mol. The van der Waals surface area contributed by atoms with E-state index in [-0.39, 0.29) is 39.8 Å². The van der Waals surface area contributed by atoms with Crippen LogP contribution >= 0.6 is 0 Å². The van der Waals surface area contributed by atoms with Gasteiger partial charge in [0.15, 0.2) is 0 Å². The molecule has 5 fully saturated rings. The molecule has 5 aliphatic rings. The van der Waals surface area contributed by atoms with Crippen molar-refractivity contribution in [3.8, 4) is 0 Å². The van der Waals surface area contributed by atoms with Crippen LogP contribution in [0.2, 0.25) is 0 Å². The summed E-state index contributed by atoms with van der Waals surface area (Å²) >= 11 is 0. The summed E-state index contributed by atoms with van der Waals surface area (Å²) in [6.07, 6.45) is 8.74. The maximum atomic E-state index is 12.9. The second kappa shape index (κ2) is 7.19. The number of hydrogen-bond acceptors (Lipinski definition) is 3. The Morgan fingerprint density at radius 2 is 1.70 bits per heavy atom. The van der Waals surface area contributed by atoms with E-state index in [1.807, 2.05) is 0 Å². The molecule has 0 aromatic carbocycles. The van der Waals surface area contributed by atoms with E-state index in [4.69, 9.17) is 0 Å². The van der Waals surface area contributed by atoms with Crippen LogP contribution in [0.1, 0.15) is 99.3 Å². The third-order valence-electron chi connectivity index (χ3n) is 13.3. The number of carbonyl (C=O) groups excluding carboxylic acids is 1. The Hall–Kier alpha value is -0.670. The summed E-state index contributed by atoms with van der Waals surface area (Å²) in [5.41, 5.74) is 0.950.